The van der Waals surface area contributed by atoms with E-state index in [1.165, 1.54) is 12.1 Å². The number of hydrogen-bond donors (Lipinski definition) is 1. The lowest BCUT2D eigenvalue weighted by atomic mass is 10.1. The van der Waals surface area contributed by atoms with Crippen LogP contribution in [0.4, 0.5) is 5.69 Å². The van der Waals surface area contributed by atoms with Gasteiger partial charge in [0.15, 0.2) is 9.84 Å². The van der Waals surface area contributed by atoms with Gasteiger partial charge < -0.3 is 5.32 Å². The van der Waals surface area contributed by atoms with Crippen molar-refractivity contribution in [1.82, 2.24) is 4.98 Å². The molecule has 6 heteroatoms. The molecule has 0 fully saturated rings. The van der Waals surface area contributed by atoms with E-state index in [0.29, 0.717) is 11.4 Å². The van der Waals surface area contributed by atoms with Gasteiger partial charge in [-0.25, -0.2) is 13.4 Å². The van der Waals surface area contributed by atoms with Gasteiger partial charge in [-0.3, -0.25) is 4.79 Å². The summed E-state index contributed by atoms with van der Waals surface area (Å²) in [5.74, 6) is 5.56. The summed E-state index contributed by atoms with van der Waals surface area (Å²) in [6.07, 6.45) is 2.78. The number of nitrogens with zero attached hydrogens (tertiary/aromatic N) is 1. The summed E-state index contributed by atoms with van der Waals surface area (Å²) in [6, 6.07) is 18.5. The van der Waals surface area contributed by atoms with E-state index in [2.05, 4.69) is 22.1 Å². The first kappa shape index (κ1) is 18.4. The third-order valence-corrected chi connectivity index (χ3v) is 4.75. The highest BCUT2D eigenvalue weighted by atomic mass is 32.2. The van der Waals surface area contributed by atoms with E-state index < -0.39 is 15.7 Å². The number of pyridine rings is 1. The van der Waals surface area contributed by atoms with Gasteiger partial charge in [0.25, 0.3) is 5.91 Å². The van der Waals surface area contributed by atoms with Crippen molar-refractivity contribution in [3.63, 3.8) is 0 Å². The van der Waals surface area contributed by atoms with Gasteiger partial charge in [-0.1, -0.05) is 24.1 Å². The predicted octanol–water partition coefficient (Wildman–Crippen LogP) is 3.14. The number of carbonyl (C=O) groups excluding carboxylic acids is 1. The van der Waals surface area contributed by atoms with Crippen molar-refractivity contribution >= 4 is 21.4 Å². The lowest BCUT2D eigenvalue weighted by Crippen LogP contribution is -2.12. The van der Waals surface area contributed by atoms with Crippen LogP contribution < -0.4 is 5.32 Å². The zero-order valence-corrected chi connectivity index (χ0v) is 15.3. The van der Waals surface area contributed by atoms with E-state index in [0.717, 1.165) is 11.8 Å². The normalized spacial score (nSPS) is 10.6. The molecular formula is C21H16N2O3S. The molecule has 0 aliphatic heterocycles. The first-order valence-electron chi connectivity index (χ1n) is 8.06. The minimum Gasteiger partial charge on any atom is -0.322 e. The number of amides is 1. The van der Waals surface area contributed by atoms with Gasteiger partial charge in [-0.15, -0.1) is 0 Å². The quantitative estimate of drug-likeness (QED) is 0.713. The summed E-state index contributed by atoms with van der Waals surface area (Å²) >= 11 is 0. The number of anilines is 1. The molecule has 1 N–H and O–H groups in total. The van der Waals surface area contributed by atoms with Crippen LogP contribution in [-0.2, 0) is 9.84 Å². The lowest BCUT2D eigenvalue weighted by molar-refractivity contribution is 0.102. The van der Waals surface area contributed by atoms with Crippen LogP contribution in [0, 0.1) is 11.8 Å². The largest absolute Gasteiger partial charge is 0.322 e. The van der Waals surface area contributed by atoms with Crippen LogP contribution in [-0.4, -0.2) is 25.6 Å². The molecular weight excluding hydrogens is 360 g/mol. The molecule has 0 unspecified atom stereocenters. The Morgan fingerprint density at radius 3 is 2.52 bits per heavy atom. The lowest BCUT2D eigenvalue weighted by Gasteiger charge is -2.07. The molecule has 0 aliphatic rings. The maximum Gasteiger partial charge on any atom is 0.255 e. The third kappa shape index (κ3) is 5.03. The molecule has 27 heavy (non-hydrogen) atoms. The summed E-state index contributed by atoms with van der Waals surface area (Å²) in [5.41, 5.74) is 2.22. The predicted molar refractivity (Wildman–Crippen MR) is 104 cm³/mol. The molecule has 0 saturated carbocycles. The van der Waals surface area contributed by atoms with Gasteiger partial charge in [0.05, 0.1) is 4.90 Å². The molecule has 134 valence electrons. The van der Waals surface area contributed by atoms with Crippen molar-refractivity contribution in [2.24, 2.45) is 0 Å². The molecule has 3 aromatic rings. The fourth-order valence-electron chi connectivity index (χ4n) is 2.32. The molecule has 5 nitrogen and oxygen atoms in total. The van der Waals surface area contributed by atoms with Gasteiger partial charge in [0.2, 0.25) is 0 Å². The molecule has 1 amide bonds. The highest BCUT2D eigenvalue weighted by Gasteiger charge is 2.12. The number of benzene rings is 2. The zero-order valence-electron chi connectivity index (χ0n) is 14.5. The monoisotopic (exact) mass is 376 g/mol. The minimum atomic E-state index is -3.38. The Hall–Kier alpha value is -3.43. The first-order valence-corrected chi connectivity index (χ1v) is 9.95. The van der Waals surface area contributed by atoms with Crippen LogP contribution in [0.1, 0.15) is 21.6 Å². The molecule has 0 bridgehead atoms. The van der Waals surface area contributed by atoms with Crippen molar-refractivity contribution in [2.45, 2.75) is 4.90 Å². The molecule has 1 aromatic heterocycles. The Bertz CT molecular complexity index is 1140. The van der Waals surface area contributed by atoms with Crippen molar-refractivity contribution in [1.29, 1.82) is 0 Å². The van der Waals surface area contributed by atoms with Crippen molar-refractivity contribution in [3.05, 3.63) is 89.7 Å². The van der Waals surface area contributed by atoms with Crippen LogP contribution in [0.3, 0.4) is 0 Å². The maximum absolute atomic E-state index is 12.4. The number of aromatic nitrogens is 1. The second-order valence-electron chi connectivity index (χ2n) is 5.80. The molecule has 0 spiro atoms. The number of nitrogens with one attached hydrogen (secondary N) is 1. The SMILES string of the molecule is CS(=O)(=O)c1cccc(C(=O)Nc2cccc(C#Cc3ccccn3)c2)c1. The Kier molecular flexibility index (Phi) is 5.34. The van der Waals surface area contributed by atoms with Gasteiger partial charge in [0.1, 0.15) is 5.69 Å². The summed E-state index contributed by atoms with van der Waals surface area (Å²) in [5, 5.41) is 2.76. The highest BCUT2D eigenvalue weighted by molar-refractivity contribution is 7.90. The Morgan fingerprint density at radius 1 is 0.963 bits per heavy atom. The average molecular weight is 376 g/mol. The number of carbonyl (C=O) groups is 1. The fraction of sp³-hybridized carbons (Fsp3) is 0.0476. The van der Waals surface area contributed by atoms with E-state index in [-0.39, 0.29) is 10.5 Å². The van der Waals surface area contributed by atoms with Gasteiger partial charge >= 0.3 is 0 Å². The summed E-state index contributed by atoms with van der Waals surface area (Å²) < 4.78 is 23.3. The summed E-state index contributed by atoms with van der Waals surface area (Å²) in [7, 11) is -3.38. The van der Waals surface area contributed by atoms with E-state index >= 15 is 0 Å². The molecule has 0 saturated heterocycles. The van der Waals surface area contributed by atoms with E-state index in [1.807, 2.05) is 24.3 Å². The Labute approximate surface area is 158 Å². The number of sulfone groups is 1. The van der Waals surface area contributed by atoms with Crippen molar-refractivity contribution < 1.29 is 13.2 Å². The molecule has 0 aliphatic carbocycles. The minimum absolute atomic E-state index is 0.102. The first-order chi connectivity index (χ1) is 12.9. The third-order valence-electron chi connectivity index (χ3n) is 3.64. The van der Waals surface area contributed by atoms with Gasteiger partial charge in [0, 0.05) is 29.3 Å². The summed E-state index contributed by atoms with van der Waals surface area (Å²) in [6.45, 7) is 0. The topological polar surface area (TPSA) is 76.1 Å². The van der Waals surface area contributed by atoms with Gasteiger partial charge in [-0.05, 0) is 54.5 Å². The van der Waals surface area contributed by atoms with Crippen LogP contribution in [0.5, 0.6) is 0 Å². The van der Waals surface area contributed by atoms with Gasteiger partial charge in [-0.2, -0.15) is 0 Å². The van der Waals surface area contributed by atoms with E-state index in [9.17, 15) is 13.2 Å². The van der Waals surface area contributed by atoms with E-state index in [1.54, 1.807) is 36.5 Å². The van der Waals surface area contributed by atoms with Crippen LogP contribution in [0.25, 0.3) is 0 Å². The Morgan fingerprint density at radius 2 is 1.78 bits per heavy atom. The average Bonchev–Trinajstić information content (AvgIpc) is 2.67. The molecule has 0 atom stereocenters. The van der Waals surface area contributed by atoms with Crippen molar-refractivity contribution in [3.8, 4) is 11.8 Å². The zero-order chi connectivity index (χ0) is 19.3. The smallest absolute Gasteiger partial charge is 0.255 e. The Balaban J connectivity index is 1.79. The number of rotatable bonds is 3. The van der Waals surface area contributed by atoms with Crippen LogP contribution >= 0.6 is 0 Å². The molecule has 3 rings (SSSR count). The molecule has 1 heterocycles. The number of hydrogen-bond acceptors (Lipinski definition) is 4. The highest BCUT2D eigenvalue weighted by Crippen LogP contribution is 2.15. The molecule has 0 radical (unpaired) electrons. The summed E-state index contributed by atoms with van der Waals surface area (Å²) in [4.78, 5) is 16.7. The van der Waals surface area contributed by atoms with E-state index in [4.69, 9.17) is 0 Å². The van der Waals surface area contributed by atoms with Crippen LogP contribution in [0.15, 0.2) is 77.8 Å². The van der Waals surface area contributed by atoms with Crippen molar-refractivity contribution in [2.75, 3.05) is 11.6 Å². The van der Waals surface area contributed by atoms with Crippen LogP contribution in [0.2, 0.25) is 0 Å². The molecule has 2 aromatic carbocycles. The standard InChI is InChI=1S/C21H16N2O3S/c1-27(25,26)20-10-5-7-17(15-20)21(24)23-19-9-4-6-16(14-19)11-12-18-8-2-3-13-22-18/h2-10,13-15H,1H3,(H,23,24). The second kappa shape index (κ2) is 7.85. The maximum atomic E-state index is 12.4. The fourth-order valence-corrected chi connectivity index (χ4v) is 2.99. The second-order valence-corrected chi connectivity index (χ2v) is 7.82.